The molecule has 1 aliphatic rings. The van der Waals surface area contributed by atoms with Crippen LogP contribution in [0.5, 0.6) is 0 Å². The summed E-state index contributed by atoms with van der Waals surface area (Å²) < 4.78 is 28.1. The topological polar surface area (TPSA) is 69.4 Å². The van der Waals surface area contributed by atoms with Crippen molar-refractivity contribution < 1.29 is 13.2 Å². The molecule has 0 saturated heterocycles. The van der Waals surface area contributed by atoms with Crippen molar-refractivity contribution in [2.75, 3.05) is 19.1 Å². The van der Waals surface area contributed by atoms with Gasteiger partial charge in [-0.15, -0.1) is 0 Å². The average Bonchev–Trinajstić information content (AvgIpc) is 2.26. The van der Waals surface area contributed by atoms with E-state index in [1.807, 2.05) is 0 Å². The lowest BCUT2D eigenvalue weighted by molar-refractivity contribution is -0.0787. The van der Waals surface area contributed by atoms with Gasteiger partial charge in [0, 0.05) is 19.4 Å². The number of methoxy groups -OCH3 is 1. The molecule has 0 aromatic carbocycles. The van der Waals surface area contributed by atoms with E-state index < -0.39 is 9.84 Å². The normalized spacial score (nSPS) is 24.7. The lowest BCUT2D eigenvalue weighted by atomic mass is 9.68. The summed E-state index contributed by atoms with van der Waals surface area (Å²) in [6.07, 6.45) is 5.72. The summed E-state index contributed by atoms with van der Waals surface area (Å²) in [6.45, 7) is 4.52. The van der Waals surface area contributed by atoms with Gasteiger partial charge in [-0.3, -0.25) is 0 Å². The molecule has 0 aromatic heterocycles. The maximum atomic E-state index is 11.2. The number of hydrogen-bond donors (Lipinski definition) is 1. The largest absolute Gasteiger partial charge is 0.377 e. The van der Waals surface area contributed by atoms with Crippen LogP contribution in [-0.2, 0) is 14.6 Å². The molecule has 4 nitrogen and oxygen atoms in total. The van der Waals surface area contributed by atoms with Crippen molar-refractivity contribution in [3.63, 3.8) is 0 Å². The highest BCUT2D eigenvalue weighted by atomic mass is 32.2. The number of hydrogen-bond acceptors (Lipinski definition) is 4. The molecule has 108 valence electrons. The minimum atomic E-state index is -2.95. The Balaban J connectivity index is 2.65. The maximum Gasteiger partial charge on any atom is 0.147 e. The van der Waals surface area contributed by atoms with Crippen molar-refractivity contribution >= 4 is 9.84 Å². The number of ether oxygens (including phenoxy) is 1. The van der Waals surface area contributed by atoms with Crippen molar-refractivity contribution in [2.24, 2.45) is 11.1 Å². The quantitative estimate of drug-likeness (QED) is 0.831. The molecular weight excluding hydrogens is 250 g/mol. The highest BCUT2D eigenvalue weighted by Gasteiger charge is 2.42. The summed E-state index contributed by atoms with van der Waals surface area (Å²) in [7, 11) is -1.26. The fourth-order valence-corrected chi connectivity index (χ4v) is 3.36. The minimum Gasteiger partial charge on any atom is -0.377 e. The van der Waals surface area contributed by atoms with Crippen LogP contribution in [-0.4, -0.2) is 39.2 Å². The average molecular weight is 277 g/mol. The van der Waals surface area contributed by atoms with Gasteiger partial charge in [-0.1, -0.05) is 13.8 Å². The lowest BCUT2D eigenvalue weighted by Gasteiger charge is -2.46. The second-order valence-electron chi connectivity index (χ2n) is 6.46. The summed E-state index contributed by atoms with van der Waals surface area (Å²) in [5, 5.41) is 0. The Morgan fingerprint density at radius 2 is 1.72 bits per heavy atom. The molecule has 0 aliphatic heterocycles. The second kappa shape index (κ2) is 5.47. The van der Waals surface area contributed by atoms with Crippen LogP contribution < -0.4 is 5.73 Å². The van der Waals surface area contributed by atoms with Gasteiger partial charge in [0.25, 0.3) is 0 Å². The predicted molar refractivity (Wildman–Crippen MR) is 74.3 cm³/mol. The molecule has 1 atom stereocenters. The van der Waals surface area contributed by atoms with Crippen LogP contribution in [0.2, 0.25) is 0 Å². The zero-order valence-electron chi connectivity index (χ0n) is 12.0. The summed E-state index contributed by atoms with van der Waals surface area (Å²) in [6, 6.07) is -0.201. The van der Waals surface area contributed by atoms with Crippen LogP contribution in [0.25, 0.3) is 0 Å². The molecule has 18 heavy (non-hydrogen) atoms. The smallest absolute Gasteiger partial charge is 0.147 e. The molecule has 1 unspecified atom stereocenters. The van der Waals surface area contributed by atoms with Gasteiger partial charge < -0.3 is 10.5 Å². The Morgan fingerprint density at radius 1 is 1.22 bits per heavy atom. The molecule has 5 heteroatoms. The molecule has 1 aliphatic carbocycles. The highest BCUT2D eigenvalue weighted by Crippen LogP contribution is 2.43. The first-order chi connectivity index (χ1) is 8.10. The minimum absolute atomic E-state index is 0.142. The molecule has 1 fully saturated rings. The number of rotatable bonds is 5. The van der Waals surface area contributed by atoms with E-state index in [0.717, 1.165) is 25.7 Å². The van der Waals surface area contributed by atoms with Gasteiger partial charge in [-0.2, -0.15) is 0 Å². The highest BCUT2D eigenvalue weighted by molar-refractivity contribution is 7.90. The van der Waals surface area contributed by atoms with E-state index >= 15 is 0 Å². The van der Waals surface area contributed by atoms with E-state index in [0.29, 0.717) is 11.8 Å². The second-order valence-corrected chi connectivity index (χ2v) is 8.72. The Hall–Kier alpha value is -0.130. The Labute approximate surface area is 111 Å². The van der Waals surface area contributed by atoms with Gasteiger partial charge in [0.15, 0.2) is 0 Å². The summed E-state index contributed by atoms with van der Waals surface area (Å²) in [4.78, 5) is 0. The van der Waals surface area contributed by atoms with E-state index in [-0.39, 0.29) is 17.4 Å². The van der Waals surface area contributed by atoms with Gasteiger partial charge in [-0.05, 0) is 37.5 Å². The van der Waals surface area contributed by atoms with E-state index in [1.54, 1.807) is 7.11 Å². The van der Waals surface area contributed by atoms with E-state index in [1.165, 1.54) is 6.26 Å². The third-order valence-corrected chi connectivity index (χ3v) is 5.31. The van der Waals surface area contributed by atoms with Crippen molar-refractivity contribution in [1.29, 1.82) is 0 Å². The van der Waals surface area contributed by atoms with Gasteiger partial charge in [-0.25, -0.2) is 8.42 Å². The van der Waals surface area contributed by atoms with E-state index in [2.05, 4.69) is 13.8 Å². The molecule has 0 amide bonds. The van der Waals surface area contributed by atoms with Crippen LogP contribution in [0.3, 0.4) is 0 Å². The Morgan fingerprint density at radius 3 is 2.11 bits per heavy atom. The SMILES string of the molecule is COC1(C(N)CCS(C)(=O)=O)CCC(C)(C)CC1. The summed E-state index contributed by atoms with van der Waals surface area (Å²) in [5.41, 5.74) is 6.21. The molecule has 2 N–H and O–H groups in total. The van der Waals surface area contributed by atoms with Gasteiger partial charge >= 0.3 is 0 Å². The predicted octanol–water partition coefficient (Wildman–Crippen LogP) is 1.73. The first-order valence-corrected chi connectivity index (χ1v) is 8.65. The van der Waals surface area contributed by atoms with Crippen molar-refractivity contribution in [3.05, 3.63) is 0 Å². The molecule has 0 heterocycles. The van der Waals surface area contributed by atoms with Crippen molar-refractivity contribution in [2.45, 2.75) is 57.6 Å². The Kier molecular flexibility index (Phi) is 4.84. The number of sulfone groups is 1. The monoisotopic (exact) mass is 277 g/mol. The first kappa shape index (κ1) is 15.9. The zero-order valence-corrected chi connectivity index (χ0v) is 12.8. The van der Waals surface area contributed by atoms with E-state index in [9.17, 15) is 8.42 Å². The standard InChI is InChI=1S/C13H27NO3S/c1-12(2)6-8-13(17-3,9-7-12)11(14)5-10-18(4,15)16/h11H,5-10,14H2,1-4H3. The van der Waals surface area contributed by atoms with Crippen molar-refractivity contribution in [1.82, 2.24) is 0 Å². The molecular formula is C13H27NO3S. The van der Waals surface area contributed by atoms with Crippen LogP contribution in [0.15, 0.2) is 0 Å². The van der Waals surface area contributed by atoms with Gasteiger partial charge in [0.2, 0.25) is 0 Å². The van der Waals surface area contributed by atoms with E-state index in [4.69, 9.17) is 10.5 Å². The van der Waals surface area contributed by atoms with Gasteiger partial charge in [0.05, 0.1) is 11.4 Å². The summed E-state index contributed by atoms with van der Waals surface area (Å²) in [5.74, 6) is 0.142. The van der Waals surface area contributed by atoms with Crippen LogP contribution in [0, 0.1) is 5.41 Å². The summed E-state index contributed by atoms with van der Waals surface area (Å²) >= 11 is 0. The molecule has 0 aromatic rings. The molecule has 1 saturated carbocycles. The van der Waals surface area contributed by atoms with Crippen LogP contribution in [0.1, 0.15) is 46.0 Å². The van der Waals surface area contributed by atoms with Gasteiger partial charge in [0.1, 0.15) is 9.84 Å². The van der Waals surface area contributed by atoms with Crippen molar-refractivity contribution in [3.8, 4) is 0 Å². The Bertz CT molecular complexity index is 366. The molecule has 0 bridgehead atoms. The fourth-order valence-electron chi connectivity index (χ4n) is 2.68. The lowest BCUT2D eigenvalue weighted by Crippen LogP contribution is -2.53. The van der Waals surface area contributed by atoms with Crippen LogP contribution in [0.4, 0.5) is 0 Å². The number of nitrogens with two attached hydrogens (primary N) is 1. The van der Waals surface area contributed by atoms with Crippen LogP contribution >= 0.6 is 0 Å². The fraction of sp³-hybridized carbons (Fsp3) is 1.00. The maximum absolute atomic E-state index is 11.2. The molecule has 0 spiro atoms. The third kappa shape index (κ3) is 4.21. The molecule has 1 rings (SSSR count). The molecule has 0 radical (unpaired) electrons. The first-order valence-electron chi connectivity index (χ1n) is 6.59. The zero-order chi connectivity index (χ0) is 14.0. The third-order valence-electron chi connectivity index (χ3n) is 4.33.